The quantitative estimate of drug-likeness (QED) is 0.454. The smallest absolute Gasteiger partial charge is 0.268 e. The van der Waals surface area contributed by atoms with Crippen molar-refractivity contribution in [2.75, 3.05) is 19.6 Å². The lowest BCUT2D eigenvalue weighted by Crippen LogP contribution is -2.42. The lowest BCUT2D eigenvalue weighted by Gasteiger charge is -2.24. The van der Waals surface area contributed by atoms with E-state index in [1.165, 1.54) is 5.56 Å². The second-order valence-corrected chi connectivity index (χ2v) is 9.10. The molecule has 5 rings (SSSR count). The molecule has 2 N–H and O–H groups in total. The molecule has 4 aromatic rings. The van der Waals surface area contributed by atoms with Gasteiger partial charge in [0.1, 0.15) is 5.69 Å². The summed E-state index contributed by atoms with van der Waals surface area (Å²) < 4.78 is 6.00. The summed E-state index contributed by atoms with van der Waals surface area (Å²) in [4.78, 5) is 13.6. The number of hydrogen-bond acceptors (Lipinski definition) is 9. The van der Waals surface area contributed by atoms with Crippen LogP contribution in [0.25, 0.3) is 34.3 Å². The summed E-state index contributed by atoms with van der Waals surface area (Å²) >= 11 is 0. The predicted octanol–water partition coefficient (Wildman–Crippen LogP) is 3.60. The Morgan fingerprint density at radius 2 is 1.83 bits per heavy atom. The van der Waals surface area contributed by atoms with Gasteiger partial charge in [-0.2, -0.15) is 5.26 Å². The van der Waals surface area contributed by atoms with Crippen LogP contribution in [-0.2, 0) is 5.41 Å². The number of rotatable bonds is 5. The molecule has 1 aliphatic rings. The van der Waals surface area contributed by atoms with E-state index in [2.05, 4.69) is 49.0 Å². The van der Waals surface area contributed by atoms with E-state index in [0.29, 0.717) is 40.6 Å². The molecule has 0 radical (unpaired) electrons. The van der Waals surface area contributed by atoms with Gasteiger partial charge >= 0.3 is 0 Å². The minimum Gasteiger partial charge on any atom is -0.415 e. The van der Waals surface area contributed by atoms with Crippen molar-refractivity contribution in [3.63, 3.8) is 0 Å². The van der Waals surface area contributed by atoms with Crippen LogP contribution in [0, 0.1) is 18.3 Å². The first-order chi connectivity index (χ1) is 16.9. The first-order valence-corrected chi connectivity index (χ1v) is 11.5. The van der Waals surface area contributed by atoms with E-state index in [4.69, 9.17) is 9.40 Å². The molecule has 35 heavy (non-hydrogen) atoms. The highest BCUT2D eigenvalue weighted by atomic mass is 16.4. The second-order valence-electron chi connectivity index (χ2n) is 9.10. The molecule has 1 aliphatic heterocycles. The highest BCUT2D eigenvalue weighted by molar-refractivity contribution is 5.64. The zero-order valence-electron chi connectivity index (χ0n) is 19.9. The van der Waals surface area contributed by atoms with Crippen LogP contribution in [0.4, 0.5) is 0 Å². The van der Waals surface area contributed by atoms with E-state index >= 15 is 0 Å². The fourth-order valence-corrected chi connectivity index (χ4v) is 3.96. The molecule has 1 unspecified atom stereocenters. The van der Waals surface area contributed by atoms with Crippen LogP contribution in [0.5, 0.6) is 0 Å². The molecule has 1 aromatic carbocycles. The minimum atomic E-state index is -0.711. The number of nitrogens with zero attached hydrogens (tertiary/aromatic N) is 6. The van der Waals surface area contributed by atoms with Gasteiger partial charge in [-0.25, -0.2) is 4.98 Å². The summed E-state index contributed by atoms with van der Waals surface area (Å²) in [6.45, 7) is 8.37. The van der Waals surface area contributed by atoms with Crippen molar-refractivity contribution in [2.24, 2.45) is 0 Å². The Balaban J connectivity index is 1.42. The fraction of sp³-hybridized carbons (Fsp3) is 0.308. The van der Waals surface area contributed by atoms with E-state index in [1.807, 2.05) is 45.0 Å². The van der Waals surface area contributed by atoms with E-state index in [-0.39, 0.29) is 0 Å². The normalized spacial score (nSPS) is 16.1. The van der Waals surface area contributed by atoms with Crippen LogP contribution in [-0.4, -0.2) is 44.8 Å². The van der Waals surface area contributed by atoms with Gasteiger partial charge in [0.2, 0.25) is 5.89 Å². The highest BCUT2D eigenvalue weighted by Gasteiger charge is 2.23. The van der Waals surface area contributed by atoms with E-state index in [1.54, 1.807) is 12.4 Å². The first kappa shape index (κ1) is 22.8. The molecule has 1 saturated heterocycles. The fourth-order valence-electron chi connectivity index (χ4n) is 3.96. The van der Waals surface area contributed by atoms with Crippen molar-refractivity contribution < 1.29 is 4.42 Å². The average Bonchev–Trinajstić information content (AvgIpc) is 3.40. The molecule has 9 nitrogen and oxygen atoms in total. The van der Waals surface area contributed by atoms with Gasteiger partial charge in [-0.15, -0.1) is 10.2 Å². The molecular weight excluding hydrogens is 440 g/mol. The lowest BCUT2D eigenvalue weighted by molar-refractivity contribution is 0.430. The molecule has 4 heterocycles. The predicted molar refractivity (Wildman–Crippen MR) is 131 cm³/mol. The van der Waals surface area contributed by atoms with Crippen molar-refractivity contribution in [3.05, 3.63) is 65.7 Å². The number of nitrogens with one attached hydrogen (secondary N) is 2. The van der Waals surface area contributed by atoms with Crippen LogP contribution < -0.4 is 10.6 Å². The molecule has 1 atom stereocenters. The van der Waals surface area contributed by atoms with Crippen LogP contribution in [0.2, 0.25) is 0 Å². The van der Waals surface area contributed by atoms with Gasteiger partial charge in [0.25, 0.3) is 5.89 Å². The summed E-state index contributed by atoms with van der Waals surface area (Å²) in [5.41, 5.74) is 4.67. The van der Waals surface area contributed by atoms with Crippen LogP contribution in [0.15, 0.2) is 53.2 Å². The topological polar surface area (TPSA) is 125 Å². The Hall–Kier alpha value is -4.00. The largest absolute Gasteiger partial charge is 0.415 e. The molecule has 1 fully saturated rings. The zero-order valence-corrected chi connectivity index (χ0v) is 19.9. The molecule has 0 amide bonds. The summed E-state index contributed by atoms with van der Waals surface area (Å²) in [7, 11) is 0. The number of benzene rings is 1. The number of nitriles is 1. The molecule has 9 heteroatoms. The maximum atomic E-state index is 9.46. The van der Waals surface area contributed by atoms with Gasteiger partial charge < -0.3 is 15.1 Å². The Labute approximate surface area is 203 Å². The summed E-state index contributed by atoms with van der Waals surface area (Å²) in [5, 5.41) is 24.9. The summed E-state index contributed by atoms with van der Waals surface area (Å²) in [6.07, 6.45) is 3.37. The first-order valence-electron chi connectivity index (χ1n) is 11.5. The second kappa shape index (κ2) is 9.33. The maximum Gasteiger partial charge on any atom is 0.268 e. The van der Waals surface area contributed by atoms with Crippen LogP contribution in [0.1, 0.15) is 36.8 Å². The molecule has 0 saturated carbocycles. The Morgan fingerprint density at radius 3 is 2.57 bits per heavy atom. The SMILES string of the molecule is Cc1ncc(-c2ccnc(C(C)(C)C#N)c2)nc1-c1nnc(-c2ccc(C3CNCCN3)cc2)o1. The average molecular weight is 467 g/mol. The van der Waals surface area contributed by atoms with Crippen molar-refractivity contribution >= 4 is 0 Å². The van der Waals surface area contributed by atoms with Gasteiger partial charge in [-0.1, -0.05) is 12.1 Å². The molecule has 3 aromatic heterocycles. The lowest BCUT2D eigenvalue weighted by atomic mass is 9.90. The summed E-state index contributed by atoms with van der Waals surface area (Å²) in [6, 6.07) is 14.4. The van der Waals surface area contributed by atoms with Gasteiger partial charge in [-0.3, -0.25) is 9.97 Å². The number of pyridine rings is 1. The van der Waals surface area contributed by atoms with Gasteiger partial charge in [0.05, 0.1) is 34.8 Å². The third-order valence-corrected chi connectivity index (χ3v) is 6.16. The van der Waals surface area contributed by atoms with Gasteiger partial charge in [-0.05, 0) is 50.6 Å². The third kappa shape index (κ3) is 4.67. The van der Waals surface area contributed by atoms with Crippen molar-refractivity contribution in [3.8, 4) is 40.4 Å². The molecular formula is C26H26N8O. The van der Waals surface area contributed by atoms with E-state index in [9.17, 15) is 5.26 Å². The minimum absolute atomic E-state index is 0.296. The van der Waals surface area contributed by atoms with Gasteiger partial charge in [0.15, 0.2) is 0 Å². The zero-order chi connectivity index (χ0) is 24.4. The molecule has 0 spiro atoms. The van der Waals surface area contributed by atoms with Gasteiger partial charge in [0, 0.05) is 43.0 Å². The monoisotopic (exact) mass is 466 g/mol. The third-order valence-electron chi connectivity index (χ3n) is 6.16. The standard InChI is InChI=1S/C26H26N8O/c1-16-23(32-21(14-31-16)19-8-9-30-22(12-19)26(2,3)15-27)25-34-33-24(35-25)18-6-4-17(5-7-18)20-13-28-10-11-29-20/h4-9,12,14,20,28-29H,10-11,13H2,1-3H3. The van der Waals surface area contributed by atoms with E-state index < -0.39 is 5.41 Å². The maximum absolute atomic E-state index is 9.46. The molecule has 176 valence electrons. The van der Waals surface area contributed by atoms with Crippen molar-refractivity contribution in [1.82, 2.24) is 35.8 Å². The molecule has 0 bridgehead atoms. The number of aryl methyl sites for hydroxylation is 1. The highest BCUT2D eigenvalue weighted by Crippen LogP contribution is 2.29. The summed E-state index contributed by atoms with van der Waals surface area (Å²) in [5.74, 6) is 0.732. The van der Waals surface area contributed by atoms with E-state index in [0.717, 1.165) is 30.8 Å². The van der Waals surface area contributed by atoms with Crippen molar-refractivity contribution in [1.29, 1.82) is 5.26 Å². The molecule has 0 aliphatic carbocycles. The number of piperazine rings is 1. The Bertz CT molecular complexity index is 1380. The van der Waals surface area contributed by atoms with Crippen LogP contribution in [0.3, 0.4) is 0 Å². The number of hydrogen-bond donors (Lipinski definition) is 2. The number of aromatic nitrogens is 5. The van der Waals surface area contributed by atoms with Crippen molar-refractivity contribution in [2.45, 2.75) is 32.2 Å². The Morgan fingerprint density at radius 1 is 1.03 bits per heavy atom. The van der Waals surface area contributed by atoms with Crippen LogP contribution >= 0.6 is 0 Å². The Kier molecular flexibility index (Phi) is 6.07.